The van der Waals surface area contributed by atoms with Gasteiger partial charge >= 0.3 is 6.18 Å². The maximum Gasteiger partial charge on any atom is 0.405 e. The lowest BCUT2D eigenvalue weighted by molar-refractivity contribution is -0.141. The Hall–Kier alpha value is -2.35. The molecule has 0 bridgehead atoms. The van der Waals surface area contributed by atoms with Gasteiger partial charge in [0, 0.05) is 12.2 Å². The number of hydrogen-bond donors (Lipinski definition) is 1. The van der Waals surface area contributed by atoms with Crippen molar-refractivity contribution < 1.29 is 18.0 Å². The summed E-state index contributed by atoms with van der Waals surface area (Å²) in [7, 11) is 0. The summed E-state index contributed by atoms with van der Waals surface area (Å²) < 4.78 is 39.2. The predicted molar refractivity (Wildman–Crippen MR) is 98.1 cm³/mol. The lowest BCUT2D eigenvalue weighted by Crippen LogP contribution is -2.45. The normalized spacial score (nSPS) is 19.8. The fourth-order valence-corrected chi connectivity index (χ4v) is 4.23. The second-order valence-corrected chi connectivity index (χ2v) is 7.43. The van der Waals surface area contributed by atoms with E-state index >= 15 is 0 Å². The SMILES string of the molecule is O=C(NCC(F)(F)F)C1CCCN1Cc1nn(-c2ccccc2)c2c1CCC2. The van der Waals surface area contributed by atoms with E-state index in [0.29, 0.717) is 19.5 Å². The van der Waals surface area contributed by atoms with Gasteiger partial charge in [0.15, 0.2) is 0 Å². The highest BCUT2D eigenvalue weighted by Crippen LogP contribution is 2.30. The Labute approximate surface area is 161 Å². The van der Waals surface area contributed by atoms with Crippen molar-refractivity contribution in [2.75, 3.05) is 13.1 Å². The zero-order chi connectivity index (χ0) is 19.7. The molecule has 8 heteroatoms. The number of amides is 1. The molecule has 0 spiro atoms. The first-order chi connectivity index (χ1) is 13.4. The summed E-state index contributed by atoms with van der Waals surface area (Å²) in [5, 5.41) is 6.84. The topological polar surface area (TPSA) is 50.2 Å². The number of carbonyl (C=O) groups is 1. The Morgan fingerprint density at radius 2 is 1.96 bits per heavy atom. The Morgan fingerprint density at radius 1 is 1.18 bits per heavy atom. The molecule has 1 N–H and O–H groups in total. The summed E-state index contributed by atoms with van der Waals surface area (Å²) in [5.74, 6) is -0.547. The molecule has 4 rings (SSSR count). The molecule has 0 radical (unpaired) electrons. The molecule has 1 amide bonds. The van der Waals surface area contributed by atoms with E-state index in [2.05, 4.69) is 0 Å². The first kappa shape index (κ1) is 19.0. The highest BCUT2D eigenvalue weighted by molar-refractivity contribution is 5.82. The van der Waals surface area contributed by atoms with Crippen molar-refractivity contribution in [2.24, 2.45) is 0 Å². The molecule has 28 heavy (non-hydrogen) atoms. The van der Waals surface area contributed by atoms with Crippen LogP contribution in [0.3, 0.4) is 0 Å². The summed E-state index contributed by atoms with van der Waals surface area (Å²) in [6, 6.07) is 9.40. The second kappa shape index (κ2) is 7.58. The molecule has 2 aromatic rings. The van der Waals surface area contributed by atoms with Gasteiger partial charge in [0.05, 0.1) is 17.4 Å². The van der Waals surface area contributed by atoms with Gasteiger partial charge in [-0.15, -0.1) is 0 Å². The van der Waals surface area contributed by atoms with E-state index in [1.807, 2.05) is 45.2 Å². The number of rotatable bonds is 5. The molecule has 1 aliphatic heterocycles. The number of nitrogens with zero attached hydrogens (tertiary/aromatic N) is 3. The number of hydrogen-bond acceptors (Lipinski definition) is 3. The molecular formula is C20H23F3N4O. The molecule has 0 saturated carbocycles. The highest BCUT2D eigenvalue weighted by atomic mass is 19.4. The van der Waals surface area contributed by atoms with E-state index in [-0.39, 0.29) is 0 Å². The number of carbonyl (C=O) groups excluding carboxylic acids is 1. The van der Waals surface area contributed by atoms with E-state index in [1.54, 1.807) is 0 Å². The summed E-state index contributed by atoms with van der Waals surface area (Å²) >= 11 is 0. The molecule has 1 unspecified atom stereocenters. The van der Waals surface area contributed by atoms with Crippen LogP contribution in [0, 0.1) is 0 Å². The van der Waals surface area contributed by atoms with E-state index in [1.165, 1.54) is 11.3 Å². The first-order valence-electron chi connectivity index (χ1n) is 9.66. The fourth-order valence-electron chi connectivity index (χ4n) is 4.23. The minimum Gasteiger partial charge on any atom is -0.346 e. The second-order valence-electron chi connectivity index (χ2n) is 7.43. The van der Waals surface area contributed by atoms with Gasteiger partial charge < -0.3 is 5.32 Å². The van der Waals surface area contributed by atoms with Crippen molar-refractivity contribution in [2.45, 2.75) is 50.9 Å². The van der Waals surface area contributed by atoms with Gasteiger partial charge in [-0.3, -0.25) is 9.69 Å². The zero-order valence-electron chi connectivity index (χ0n) is 15.5. The smallest absolute Gasteiger partial charge is 0.346 e. The van der Waals surface area contributed by atoms with Crippen LogP contribution in [0.4, 0.5) is 13.2 Å². The van der Waals surface area contributed by atoms with Gasteiger partial charge in [-0.2, -0.15) is 18.3 Å². The number of benzene rings is 1. The molecule has 2 aliphatic rings. The molecular weight excluding hydrogens is 369 g/mol. The Morgan fingerprint density at radius 3 is 2.71 bits per heavy atom. The fraction of sp³-hybridized carbons (Fsp3) is 0.500. The van der Waals surface area contributed by atoms with Crippen molar-refractivity contribution >= 4 is 5.91 Å². The average molecular weight is 392 g/mol. The number of para-hydroxylation sites is 1. The number of halogens is 3. The van der Waals surface area contributed by atoms with Crippen LogP contribution in [0.1, 0.15) is 36.2 Å². The Balaban J connectivity index is 1.52. The molecule has 5 nitrogen and oxygen atoms in total. The minimum atomic E-state index is -4.39. The summed E-state index contributed by atoms with van der Waals surface area (Å²) in [6.45, 7) is -0.0997. The number of aromatic nitrogens is 2. The molecule has 1 aromatic carbocycles. The van der Waals surface area contributed by atoms with E-state index < -0.39 is 24.7 Å². The van der Waals surface area contributed by atoms with Crippen LogP contribution in [-0.4, -0.2) is 45.9 Å². The number of alkyl halides is 3. The number of nitrogens with one attached hydrogen (secondary N) is 1. The average Bonchev–Trinajstić information content (AvgIpc) is 3.38. The van der Waals surface area contributed by atoms with Gasteiger partial charge in [0.25, 0.3) is 0 Å². The van der Waals surface area contributed by atoms with Gasteiger partial charge in [-0.25, -0.2) is 4.68 Å². The largest absolute Gasteiger partial charge is 0.405 e. The monoisotopic (exact) mass is 392 g/mol. The van der Waals surface area contributed by atoms with Crippen LogP contribution in [0.15, 0.2) is 30.3 Å². The van der Waals surface area contributed by atoms with Crippen molar-refractivity contribution in [3.05, 3.63) is 47.3 Å². The Bertz CT molecular complexity index is 847. The van der Waals surface area contributed by atoms with Crippen LogP contribution in [0.25, 0.3) is 5.69 Å². The van der Waals surface area contributed by atoms with Gasteiger partial charge in [-0.05, 0) is 56.3 Å². The van der Waals surface area contributed by atoms with Crippen molar-refractivity contribution in [1.29, 1.82) is 0 Å². The first-order valence-corrected chi connectivity index (χ1v) is 9.66. The maximum absolute atomic E-state index is 12.4. The third-order valence-corrected chi connectivity index (χ3v) is 5.50. The molecule has 1 atom stereocenters. The van der Waals surface area contributed by atoms with Crippen LogP contribution < -0.4 is 5.32 Å². The quantitative estimate of drug-likeness (QED) is 0.851. The highest BCUT2D eigenvalue weighted by Gasteiger charge is 2.35. The summed E-state index contributed by atoms with van der Waals surface area (Å²) in [6.07, 6.45) is -0.0309. The molecule has 1 aromatic heterocycles. The molecule has 1 saturated heterocycles. The predicted octanol–water partition coefficient (Wildman–Crippen LogP) is 3.00. The maximum atomic E-state index is 12.4. The van der Waals surface area contributed by atoms with Crippen molar-refractivity contribution in [3.63, 3.8) is 0 Å². The summed E-state index contributed by atoms with van der Waals surface area (Å²) in [5.41, 5.74) is 4.38. The lowest BCUT2D eigenvalue weighted by atomic mass is 10.1. The lowest BCUT2D eigenvalue weighted by Gasteiger charge is -2.23. The third-order valence-electron chi connectivity index (χ3n) is 5.50. The molecule has 150 valence electrons. The van der Waals surface area contributed by atoms with Crippen LogP contribution in [0.2, 0.25) is 0 Å². The molecule has 1 aliphatic carbocycles. The van der Waals surface area contributed by atoms with Crippen molar-refractivity contribution in [1.82, 2.24) is 20.0 Å². The minimum absolute atomic E-state index is 0.492. The van der Waals surface area contributed by atoms with Crippen LogP contribution in [-0.2, 0) is 24.2 Å². The molecule has 1 fully saturated rings. The van der Waals surface area contributed by atoms with Gasteiger partial charge in [-0.1, -0.05) is 18.2 Å². The standard InChI is InChI=1S/C20H23F3N4O/c21-20(22,23)13-24-19(28)18-10-5-11-26(18)12-16-15-8-4-9-17(15)27(25-16)14-6-2-1-3-7-14/h1-3,6-7,18H,4-5,8-13H2,(H,24,28). The van der Waals surface area contributed by atoms with Gasteiger partial charge in [0.1, 0.15) is 6.54 Å². The zero-order valence-corrected chi connectivity index (χ0v) is 15.5. The summed E-state index contributed by atoms with van der Waals surface area (Å²) in [4.78, 5) is 14.2. The van der Waals surface area contributed by atoms with E-state index in [9.17, 15) is 18.0 Å². The van der Waals surface area contributed by atoms with Crippen LogP contribution >= 0.6 is 0 Å². The van der Waals surface area contributed by atoms with E-state index in [0.717, 1.165) is 37.1 Å². The van der Waals surface area contributed by atoms with E-state index in [4.69, 9.17) is 5.10 Å². The number of likely N-dealkylation sites (tertiary alicyclic amines) is 1. The molecule has 2 heterocycles. The van der Waals surface area contributed by atoms with Crippen molar-refractivity contribution in [3.8, 4) is 5.69 Å². The van der Waals surface area contributed by atoms with Crippen LogP contribution in [0.5, 0.6) is 0 Å². The third kappa shape index (κ3) is 3.92. The number of fused-ring (bicyclic) bond motifs is 1. The Kier molecular flexibility index (Phi) is 5.14. The van der Waals surface area contributed by atoms with Gasteiger partial charge in [0.2, 0.25) is 5.91 Å².